The number of benzene rings is 2. The summed E-state index contributed by atoms with van der Waals surface area (Å²) >= 11 is 12.1. The highest BCUT2D eigenvalue weighted by Crippen LogP contribution is 2.32. The number of carbonyl (C=O) groups excluding carboxylic acids is 1. The molecule has 1 amide bonds. The lowest BCUT2D eigenvalue weighted by atomic mass is 10.1. The van der Waals surface area contributed by atoms with Crippen LogP contribution < -0.4 is 9.62 Å². The predicted octanol–water partition coefficient (Wildman–Crippen LogP) is 4.00. The Hall–Kier alpha value is -2.36. The molecule has 0 bridgehead atoms. The number of rotatable bonds is 6. The molecule has 28 heavy (non-hydrogen) atoms. The lowest BCUT2D eigenvalue weighted by Gasteiger charge is -2.29. The molecule has 8 nitrogen and oxygen atoms in total. The Morgan fingerprint density at radius 2 is 1.86 bits per heavy atom. The second kappa shape index (κ2) is 8.34. The molecule has 2 aromatic rings. The molecule has 2 aromatic carbocycles. The fourth-order valence-electron chi connectivity index (χ4n) is 2.53. The van der Waals surface area contributed by atoms with Gasteiger partial charge in [-0.15, -0.1) is 0 Å². The standard InChI is InChI=1S/C17H17Cl2N3O5S/c1-10-4-6-13(22(24)25)9-15(10)20-17(23)11(2)21(28(3,26)27)16-8-12(18)5-7-14(16)19/h4-9,11H,1-3H3,(H,20,23)/t11-/m1/s1. The summed E-state index contributed by atoms with van der Waals surface area (Å²) in [7, 11) is -3.90. The van der Waals surface area contributed by atoms with Crippen molar-refractivity contribution in [2.75, 3.05) is 15.9 Å². The van der Waals surface area contributed by atoms with Crippen molar-refractivity contribution in [2.45, 2.75) is 19.9 Å². The molecule has 0 spiro atoms. The highest BCUT2D eigenvalue weighted by atomic mass is 35.5. The van der Waals surface area contributed by atoms with Gasteiger partial charge in [-0.3, -0.25) is 19.2 Å². The molecule has 0 heterocycles. The molecule has 0 aliphatic carbocycles. The first-order chi connectivity index (χ1) is 12.9. The van der Waals surface area contributed by atoms with Crippen LogP contribution in [0.1, 0.15) is 12.5 Å². The topological polar surface area (TPSA) is 110 Å². The van der Waals surface area contributed by atoms with E-state index >= 15 is 0 Å². The van der Waals surface area contributed by atoms with Crippen LogP contribution in [0, 0.1) is 17.0 Å². The average Bonchev–Trinajstić information content (AvgIpc) is 2.58. The quantitative estimate of drug-likeness (QED) is 0.533. The predicted molar refractivity (Wildman–Crippen MR) is 110 cm³/mol. The van der Waals surface area contributed by atoms with Gasteiger partial charge in [-0.2, -0.15) is 0 Å². The summed E-state index contributed by atoms with van der Waals surface area (Å²) < 4.78 is 25.6. The van der Waals surface area contributed by atoms with Crippen molar-refractivity contribution in [3.8, 4) is 0 Å². The van der Waals surface area contributed by atoms with E-state index < -0.39 is 26.9 Å². The van der Waals surface area contributed by atoms with E-state index in [2.05, 4.69) is 5.32 Å². The first-order valence-electron chi connectivity index (χ1n) is 7.92. The maximum atomic E-state index is 12.7. The Balaban J connectivity index is 2.42. The second-order valence-electron chi connectivity index (χ2n) is 6.08. The van der Waals surface area contributed by atoms with Crippen LogP contribution >= 0.6 is 23.2 Å². The second-order valence-corrected chi connectivity index (χ2v) is 8.78. The van der Waals surface area contributed by atoms with Gasteiger partial charge in [0.05, 0.1) is 27.6 Å². The number of non-ortho nitro benzene ring substituents is 1. The van der Waals surface area contributed by atoms with Gasteiger partial charge in [0.25, 0.3) is 5.69 Å². The molecule has 1 atom stereocenters. The third-order valence-corrected chi connectivity index (χ3v) is 5.71. The number of sulfonamides is 1. The Labute approximate surface area is 172 Å². The zero-order valence-corrected chi connectivity index (χ0v) is 17.5. The molecule has 0 aliphatic heterocycles. The van der Waals surface area contributed by atoms with Gasteiger partial charge in [0.2, 0.25) is 15.9 Å². The first-order valence-corrected chi connectivity index (χ1v) is 10.5. The Kier molecular flexibility index (Phi) is 6.53. The summed E-state index contributed by atoms with van der Waals surface area (Å²) in [6.45, 7) is 3.03. The van der Waals surface area contributed by atoms with Crippen molar-refractivity contribution in [1.82, 2.24) is 0 Å². The zero-order valence-electron chi connectivity index (χ0n) is 15.1. The van der Waals surface area contributed by atoms with E-state index in [0.717, 1.165) is 10.6 Å². The van der Waals surface area contributed by atoms with E-state index in [4.69, 9.17) is 23.2 Å². The number of amides is 1. The number of nitro benzene ring substituents is 1. The fraction of sp³-hybridized carbons (Fsp3) is 0.235. The van der Waals surface area contributed by atoms with E-state index in [1.165, 1.54) is 43.3 Å². The number of hydrogen-bond donors (Lipinski definition) is 1. The number of hydrogen-bond acceptors (Lipinski definition) is 5. The molecule has 0 saturated heterocycles. The molecule has 0 aliphatic rings. The van der Waals surface area contributed by atoms with Gasteiger partial charge in [-0.25, -0.2) is 8.42 Å². The number of carbonyl (C=O) groups is 1. The van der Waals surface area contributed by atoms with Crippen LogP contribution in [-0.4, -0.2) is 31.5 Å². The van der Waals surface area contributed by atoms with Crippen molar-refractivity contribution < 1.29 is 18.1 Å². The van der Waals surface area contributed by atoms with Crippen molar-refractivity contribution in [3.63, 3.8) is 0 Å². The Bertz CT molecular complexity index is 1040. The monoisotopic (exact) mass is 445 g/mol. The van der Waals surface area contributed by atoms with Gasteiger partial charge in [-0.1, -0.05) is 29.3 Å². The maximum Gasteiger partial charge on any atom is 0.271 e. The van der Waals surface area contributed by atoms with Crippen LogP contribution in [0.5, 0.6) is 0 Å². The third kappa shape index (κ3) is 4.92. The van der Waals surface area contributed by atoms with Crippen molar-refractivity contribution in [2.24, 2.45) is 0 Å². The number of nitro groups is 1. The van der Waals surface area contributed by atoms with Gasteiger partial charge in [0.15, 0.2) is 0 Å². The van der Waals surface area contributed by atoms with Gasteiger partial charge < -0.3 is 5.32 Å². The van der Waals surface area contributed by atoms with Crippen molar-refractivity contribution >= 4 is 56.2 Å². The molecule has 150 valence electrons. The first kappa shape index (κ1) is 21.9. The largest absolute Gasteiger partial charge is 0.324 e. The van der Waals surface area contributed by atoms with Gasteiger partial charge in [0.1, 0.15) is 6.04 Å². The summed E-state index contributed by atoms with van der Waals surface area (Å²) in [5.41, 5.74) is 0.635. The number of nitrogens with zero attached hydrogens (tertiary/aromatic N) is 2. The summed E-state index contributed by atoms with van der Waals surface area (Å²) in [6.07, 6.45) is 0.937. The minimum Gasteiger partial charge on any atom is -0.324 e. The Morgan fingerprint density at radius 3 is 2.43 bits per heavy atom. The minimum atomic E-state index is -3.90. The van der Waals surface area contributed by atoms with E-state index in [9.17, 15) is 23.3 Å². The van der Waals surface area contributed by atoms with E-state index in [1.807, 2.05) is 0 Å². The normalized spacial score (nSPS) is 12.3. The molecule has 0 radical (unpaired) electrons. The zero-order chi connectivity index (χ0) is 21.2. The molecule has 0 fully saturated rings. The van der Waals surface area contributed by atoms with Crippen LogP contribution in [0.25, 0.3) is 0 Å². The number of anilines is 2. The number of halogens is 2. The summed E-state index contributed by atoms with van der Waals surface area (Å²) in [6, 6.07) is 7.05. The summed E-state index contributed by atoms with van der Waals surface area (Å²) in [4.78, 5) is 23.1. The highest BCUT2D eigenvalue weighted by molar-refractivity contribution is 7.92. The van der Waals surface area contributed by atoms with E-state index in [1.54, 1.807) is 6.92 Å². The molecule has 11 heteroatoms. The molecule has 0 saturated carbocycles. The molecular formula is C17H17Cl2N3O5S. The number of nitrogens with one attached hydrogen (secondary N) is 1. The molecule has 1 N–H and O–H groups in total. The Morgan fingerprint density at radius 1 is 1.21 bits per heavy atom. The van der Waals surface area contributed by atoms with Crippen LogP contribution in [0.2, 0.25) is 10.0 Å². The van der Waals surface area contributed by atoms with Crippen molar-refractivity contribution in [1.29, 1.82) is 0 Å². The van der Waals surface area contributed by atoms with Gasteiger partial charge >= 0.3 is 0 Å². The van der Waals surface area contributed by atoms with Gasteiger partial charge in [-0.05, 0) is 37.6 Å². The van der Waals surface area contributed by atoms with E-state index in [-0.39, 0.29) is 27.1 Å². The van der Waals surface area contributed by atoms with Crippen LogP contribution in [-0.2, 0) is 14.8 Å². The smallest absolute Gasteiger partial charge is 0.271 e. The van der Waals surface area contributed by atoms with Crippen LogP contribution in [0.15, 0.2) is 36.4 Å². The summed E-state index contributed by atoms with van der Waals surface area (Å²) in [5, 5.41) is 13.8. The van der Waals surface area contributed by atoms with Crippen molar-refractivity contribution in [3.05, 3.63) is 62.1 Å². The highest BCUT2D eigenvalue weighted by Gasteiger charge is 2.31. The minimum absolute atomic E-state index is 0.0510. The van der Waals surface area contributed by atoms with Crippen LogP contribution in [0.4, 0.5) is 17.1 Å². The molecule has 0 unspecified atom stereocenters. The fourth-order valence-corrected chi connectivity index (χ4v) is 4.13. The lowest BCUT2D eigenvalue weighted by Crippen LogP contribution is -2.45. The average molecular weight is 446 g/mol. The lowest BCUT2D eigenvalue weighted by molar-refractivity contribution is -0.384. The summed E-state index contributed by atoms with van der Waals surface area (Å²) in [5.74, 6) is -0.690. The molecule has 0 aromatic heterocycles. The molecular weight excluding hydrogens is 429 g/mol. The van der Waals surface area contributed by atoms with E-state index in [0.29, 0.717) is 5.56 Å². The van der Waals surface area contributed by atoms with Gasteiger partial charge in [0, 0.05) is 17.2 Å². The van der Waals surface area contributed by atoms with Crippen LogP contribution in [0.3, 0.4) is 0 Å². The molecule has 2 rings (SSSR count). The SMILES string of the molecule is Cc1ccc([N+](=O)[O-])cc1NC(=O)[C@@H](C)N(c1cc(Cl)ccc1Cl)S(C)(=O)=O. The maximum absolute atomic E-state index is 12.7. The third-order valence-electron chi connectivity index (χ3n) is 3.92. The number of aryl methyl sites for hydroxylation is 1.